The second kappa shape index (κ2) is 7.68. The summed E-state index contributed by atoms with van der Waals surface area (Å²) < 4.78 is 18.6. The number of furan rings is 1. The maximum atomic E-state index is 13.0. The number of hydrogen-bond acceptors (Lipinski definition) is 3. The molecule has 26 heavy (non-hydrogen) atoms. The van der Waals surface area contributed by atoms with E-state index in [4.69, 9.17) is 16.0 Å². The number of anilines is 1. The molecule has 1 aromatic heterocycles. The number of carbonyl (C=O) groups excluding carboxylic acids is 1. The third-order valence-corrected chi connectivity index (χ3v) is 3.76. The van der Waals surface area contributed by atoms with Crippen LogP contribution in [-0.4, -0.2) is 5.91 Å². The summed E-state index contributed by atoms with van der Waals surface area (Å²) in [6, 6.07) is 17.5. The van der Waals surface area contributed by atoms with Crippen LogP contribution in [0.5, 0.6) is 0 Å². The minimum Gasteiger partial charge on any atom is -0.457 e. The molecule has 4 nitrogen and oxygen atoms in total. The number of nitrogens with zero attached hydrogens (tertiary/aromatic N) is 1. The molecule has 0 atom stereocenters. The molecule has 0 aliphatic rings. The largest absolute Gasteiger partial charge is 0.457 e. The quantitative estimate of drug-likeness (QED) is 0.504. The smallest absolute Gasteiger partial charge is 0.266 e. The Morgan fingerprint density at radius 2 is 1.77 bits per heavy atom. The van der Waals surface area contributed by atoms with Crippen molar-refractivity contribution in [3.05, 3.63) is 82.8 Å². The van der Waals surface area contributed by atoms with Crippen molar-refractivity contribution in [2.45, 2.75) is 0 Å². The lowest BCUT2D eigenvalue weighted by Crippen LogP contribution is -2.13. The lowest BCUT2D eigenvalue weighted by atomic mass is 10.2. The normalized spacial score (nSPS) is 11.0. The highest BCUT2D eigenvalue weighted by Gasteiger charge is 2.11. The number of halogens is 2. The first-order valence-electron chi connectivity index (χ1n) is 7.59. The zero-order valence-corrected chi connectivity index (χ0v) is 14.1. The molecular weight excluding hydrogens is 355 g/mol. The van der Waals surface area contributed by atoms with Crippen LogP contribution in [0.2, 0.25) is 5.02 Å². The second-order valence-corrected chi connectivity index (χ2v) is 5.78. The zero-order chi connectivity index (χ0) is 18.5. The van der Waals surface area contributed by atoms with Crippen LogP contribution in [0.25, 0.3) is 17.4 Å². The van der Waals surface area contributed by atoms with E-state index in [0.29, 0.717) is 27.8 Å². The Bertz CT molecular complexity index is 1000. The van der Waals surface area contributed by atoms with Crippen molar-refractivity contribution < 1.29 is 13.6 Å². The molecule has 0 spiro atoms. The van der Waals surface area contributed by atoms with E-state index in [1.807, 2.05) is 6.07 Å². The molecule has 0 saturated carbocycles. The molecule has 0 saturated heterocycles. The summed E-state index contributed by atoms with van der Waals surface area (Å²) in [4.78, 5) is 12.2. The van der Waals surface area contributed by atoms with Crippen molar-refractivity contribution >= 4 is 29.3 Å². The van der Waals surface area contributed by atoms with Gasteiger partial charge in [0.1, 0.15) is 29.0 Å². The van der Waals surface area contributed by atoms with Gasteiger partial charge >= 0.3 is 0 Å². The summed E-state index contributed by atoms with van der Waals surface area (Å²) in [6.45, 7) is 0. The van der Waals surface area contributed by atoms with Crippen LogP contribution in [0.15, 0.2) is 70.7 Å². The van der Waals surface area contributed by atoms with Gasteiger partial charge in [0.25, 0.3) is 5.91 Å². The molecule has 128 valence electrons. The molecule has 3 rings (SSSR count). The van der Waals surface area contributed by atoms with E-state index in [1.54, 1.807) is 48.5 Å². The third kappa shape index (κ3) is 4.18. The molecule has 1 N–H and O–H groups in total. The number of hydrogen-bond donors (Lipinski definition) is 1. The Balaban J connectivity index is 1.78. The zero-order valence-electron chi connectivity index (χ0n) is 13.4. The van der Waals surface area contributed by atoms with Crippen molar-refractivity contribution in [1.29, 1.82) is 5.26 Å². The van der Waals surface area contributed by atoms with Crippen molar-refractivity contribution in [2.24, 2.45) is 0 Å². The molecule has 0 bridgehead atoms. The number of benzene rings is 2. The molecule has 3 aromatic rings. The maximum absolute atomic E-state index is 13.0. The highest BCUT2D eigenvalue weighted by Crippen LogP contribution is 2.24. The maximum Gasteiger partial charge on any atom is 0.266 e. The molecule has 1 heterocycles. The van der Waals surface area contributed by atoms with Crippen molar-refractivity contribution in [3.8, 4) is 17.4 Å². The Morgan fingerprint density at radius 3 is 2.42 bits per heavy atom. The first kappa shape index (κ1) is 17.5. The number of nitriles is 1. The van der Waals surface area contributed by atoms with E-state index in [-0.39, 0.29) is 11.4 Å². The Hall–Kier alpha value is -3.36. The van der Waals surface area contributed by atoms with Gasteiger partial charge in [-0.3, -0.25) is 4.79 Å². The SMILES string of the molecule is N#C/C(=C\c1ccc(-c2ccc(F)cc2)o1)C(=O)Nc1ccc(Cl)cc1. The van der Waals surface area contributed by atoms with Gasteiger partial charge in [-0.25, -0.2) is 4.39 Å². The van der Waals surface area contributed by atoms with Gasteiger partial charge in [-0.05, 0) is 60.7 Å². The van der Waals surface area contributed by atoms with Crippen LogP contribution < -0.4 is 5.32 Å². The monoisotopic (exact) mass is 366 g/mol. The number of rotatable bonds is 4. The summed E-state index contributed by atoms with van der Waals surface area (Å²) in [6.07, 6.45) is 1.35. The molecule has 0 aliphatic heterocycles. The lowest BCUT2D eigenvalue weighted by Gasteiger charge is -2.03. The van der Waals surface area contributed by atoms with Crippen LogP contribution in [0.1, 0.15) is 5.76 Å². The standard InChI is InChI=1S/C20H12ClFN2O2/c21-15-3-7-17(8-4-15)24-20(25)14(12-23)11-18-9-10-19(26-18)13-1-5-16(22)6-2-13/h1-11H,(H,24,25)/b14-11+. The molecule has 1 amide bonds. The molecule has 6 heteroatoms. The summed E-state index contributed by atoms with van der Waals surface area (Å²) in [5, 5.41) is 12.4. The van der Waals surface area contributed by atoms with E-state index >= 15 is 0 Å². The van der Waals surface area contributed by atoms with Gasteiger partial charge in [-0.15, -0.1) is 0 Å². The van der Waals surface area contributed by atoms with Gasteiger partial charge in [0.05, 0.1) is 0 Å². The molecule has 0 fully saturated rings. The van der Waals surface area contributed by atoms with E-state index in [2.05, 4.69) is 5.32 Å². The van der Waals surface area contributed by atoms with Gasteiger partial charge in [0.2, 0.25) is 0 Å². The third-order valence-electron chi connectivity index (χ3n) is 3.51. The summed E-state index contributed by atoms with van der Waals surface area (Å²) in [5.74, 6) is -0.0561. The van der Waals surface area contributed by atoms with Crippen molar-refractivity contribution in [3.63, 3.8) is 0 Å². The summed E-state index contributed by atoms with van der Waals surface area (Å²) >= 11 is 5.80. The Kier molecular flexibility index (Phi) is 5.16. The van der Waals surface area contributed by atoms with Gasteiger partial charge in [-0.2, -0.15) is 5.26 Å². The molecule has 0 radical (unpaired) electrons. The van der Waals surface area contributed by atoms with Gasteiger partial charge in [-0.1, -0.05) is 11.6 Å². The summed E-state index contributed by atoms with van der Waals surface area (Å²) in [7, 11) is 0. The average molecular weight is 367 g/mol. The fourth-order valence-electron chi connectivity index (χ4n) is 2.22. The fourth-order valence-corrected chi connectivity index (χ4v) is 2.35. The number of carbonyl (C=O) groups is 1. The highest BCUT2D eigenvalue weighted by molar-refractivity contribution is 6.30. The summed E-state index contributed by atoms with van der Waals surface area (Å²) in [5.41, 5.74) is 1.10. The van der Waals surface area contributed by atoms with E-state index < -0.39 is 5.91 Å². The van der Waals surface area contributed by atoms with Crippen LogP contribution in [-0.2, 0) is 4.79 Å². The molecule has 0 aliphatic carbocycles. The molecular formula is C20H12ClFN2O2. The van der Waals surface area contributed by atoms with Crippen molar-refractivity contribution in [2.75, 3.05) is 5.32 Å². The Labute approximate surface area is 154 Å². The van der Waals surface area contributed by atoms with Crippen molar-refractivity contribution in [1.82, 2.24) is 0 Å². The topological polar surface area (TPSA) is 66.0 Å². The van der Waals surface area contributed by atoms with E-state index in [9.17, 15) is 14.4 Å². The minimum atomic E-state index is -0.561. The Morgan fingerprint density at radius 1 is 1.08 bits per heavy atom. The van der Waals surface area contributed by atoms with E-state index in [1.165, 1.54) is 18.2 Å². The second-order valence-electron chi connectivity index (χ2n) is 5.34. The predicted molar refractivity (Wildman–Crippen MR) is 97.8 cm³/mol. The first-order chi connectivity index (χ1) is 12.5. The van der Waals surface area contributed by atoms with Crippen LogP contribution >= 0.6 is 11.6 Å². The number of amides is 1. The predicted octanol–water partition coefficient (Wildman–Crippen LogP) is 5.28. The number of nitrogens with one attached hydrogen (secondary N) is 1. The van der Waals surface area contributed by atoms with Crippen LogP contribution in [0, 0.1) is 17.1 Å². The average Bonchev–Trinajstić information content (AvgIpc) is 3.11. The fraction of sp³-hybridized carbons (Fsp3) is 0. The minimum absolute atomic E-state index is 0.111. The highest BCUT2D eigenvalue weighted by atomic mass is 35.5. The van der Waals surface area contributed by atoms with Gasteiger partial charge in [0.15, 0.2) is 0 Å². The lowest BCUT2D eigenvalue weighted by molar-refractivity contribution is -0.112. The van der Waals surface area contributed by atoms with Gasteiger partial charge < -0.3 is 9.73 Å². The first-order valence-corrected chi connectivity index (χ1v) is 7.97. The molecule has 2 aromatic carbocycles. The van der Waals surface area contributed by atoms with Crippen LogP contribution in [0.4, 0.5) is 10.1 Å². The van der Waals surface area contributed by atoms with Gasteiger partial charge in [0, 0.05) is 22.3 Å². The van der Waals surface area contributed by atoms with E-state index in [0.717, 1.165) is 0 Å². The molecule has 0 unspecified atom stereocenters. The van der Waals surface area contributed by atoms with Crippen LogP contribution in [0.3, 0.4) is 0 Å².